The minimum Gasteiger partial charge on any atom is -0.310 e. The third-order valence-electron chi connectivity index (χ3n) is 1.73. The molecule has 0 fully saturated rings. The zero-order valence-electron chi connectivity index (χ0n) is 8.55. The molecule has 2 rings (SSSR count). The monoisotopic (exact) mass is 269 g/mol. The van der Waals surface area contributed by atoms with Gasteiger partial charge in [-0.25, -0.2) is 9.97 Å². The molecule has 2 heterocycles. The largest absolute Gasteiger partial charge is 0.310 e. The van der Waals surface area contributed by atoms with Crippen LogP contribution in [0.25, 0.3) is 0 Å². The number of aromatic amines is 1. The highest BCUT2D eigenvalue weighted by molar-refractivity contribution is 7.99. The highest BCUT2D eigenvalue weighted by atomic mass is 35.5. The number of nitrogens with zero attached hydrogens (tertiary/aromatic N) is 3. The van der Waals surface area contributed by atoms with E-state index in [1.165, 1.54) is 24.3 Å². The van der Waals surface area contributed by atoms with E-state index < -0.39 is 0 Å². The lowest BCUT2D eigenvalue weighted by molar-refractivity contribution is -0.113. The molecule has 0 saturated heterocycles. The Morgan fingerprint density at radius 2 is 2.35 bits per heavy atom. The zero-order valence-corrected chi connectivity index (χ0v) is 10.1. The van der Waals surface area contributed by atoms with Crippen LogP contribution in [-0.4, -0.2) is 31.8 Å². The number of hydrogen-bond donors (Lipinski definition) is 2. The summed E-state index contributed by atoms with van der Waals surface area (Å²) >= 11 is 6.94. The van der Waals surface area contributed by atoms with E-state index in [9.17, 15) is 4.79 Å². The number of carbonyl (C=O) groups is 1. The standard InChI is InChI=1S/C9H8ClN5OS/c10-6-1-2-7(11-3-6)14-8(16)4-17-9-12-5-13-15-9/h1-3,5H,4H2,(H,11,14,16)(H,12,13,15). The molecular formula is C9H8ClN5OS. The van der Waals surface area contributed by atoms with Crippen LogP contribution in [0.3, 0.4) is 0 Å². The van der Waals surface area contributed by atoms with Crippen molar-refractivity contribution in [2.24, 2.45) is 0 Å². The van der Waals surface area contributed by atoms with Gasteiger partial charge < -0.3 is 5.32 Å². The Kier molecular flexibility index (Phi) is 3.94. The molecule has 6 nitrogen and oxygen atoms in total. The molecule has 0 saturated carbocycles. The molecule has 0 unspecified atom stereocenters. The lowest BCUT2D eigenvalue weighted by Crippen LogP contribution is -2.14. The van der Waals surface area contributed by atoms with Crippen LogP contribution in [0.1, 0.15) is 0 Å². The van der Waals surface area contributed by atoms with Crippen LogP contribution >= 0.6 is 23.4 Å². The second-order valence-corrected chi connectivity index (χ2v) is 4.39. The quantitative estimate of drug-likeness (QED) is 0.824. The molecule has 1 amide bonds. The SMILES string of the molecule is O=C(CSc1ncn[nH]1)Nc1ccc(Cl)cn1. The van der Waals surface area contributed by atoms with Crippen LogP contribution in [0.4, 0.5) is 5.82 Å². The summed E-state index contributed by atoms with van der Waals surface area (Å²) < 4.78 is 0. The van der Waals surface area contributed by atoms with E-state index >= 15 is 0 Å². The molecule has 8 heteroatoms. The predicted molar refractivity (Wildman–Crippen MR) is 65.0 cm³/mol. The van der Waals surface area contributed by atoms with Crippen molar-refractivity contribution in [2.45, 2.75) is 5.16 Å². The Balaban J connectivity index is 1.83. The number of thioether (sulfide) groups is 1. The topological polar surface area (TPSA) is 83.6 Å². The minimum absolute atomic E-state index is 0.166. The van der Waals surface area contributed by atoms with Crippen molar-refractivity contribution in [3.8, 4) is 0 Å². The van der Waals surface area contributed by atoms with Crippen LogP contribution in [0.5, 0.6) is 0 Å². The van der Waals surface area contributed by atoms with E-state index in [0.717, 1.165) is 0 Å². The predicted octanol–water partition coefficient (Wildman–Crippen LogP) is 1.58. The van der Waals surface area contributed by atoms with E-state index in [0.29, 0.717) is 16.0 Å². The highest BCUT2D eigenvalue weighted by Crippen LogP contribution is 2.12. The number of aromatic nitrogens is 4. The van der Waals surface area contributed by atoms with Crippen LogP contribution in [0, 0.1) is 0 Å². The number of halogens is 1. The van der Waals surface area contributed by atoms with Crippen molar-refractivity contribution in [1.29, 1.82) is 0 Å². The van der Waals surface area contributed by atoms with E-state index in [1.54, 1.807) is 12.1 Å². The van der Waals surface area contributed by atoms with Gasteiger partial charge in [-0.05, 0) is 12.1 Å². The lowest BCUT2D eigenvalue weighted by Gasteiger charge is -2.02. The van der Waals surface area contributed by atoms with Gasteiger partial charge in [-0.2, -0.15) is 5.10 Å². The molecule has 0 spiro atoms. The molecule has 0 aliphatic carbocycles. The summed E-state index contributed by atoms with van der Waals surface area (Å²) in [5.74, 6) is 0.540. The minimum atomic E-state index is -0.166. The van der Waals surface area contributed by atoms with Crippen molar-refractivity contribution in [1.82, 2.24) is 20.2 Å². The van der Waals surface area contributed by atoms with Crippen LogP contribution in [0.2, 0.25) is 5.02 Å². The molecule has 2 aromatic rings. The molecule has 2 N–H and O–H groups in total. The van der Waals surface area contributed by atoms with Gasteiger partial charge in [-0.15, -0.1) is 0 Å². The molecule has 0 atom stereocenters. The lowest BCUT2D eigenvalue weighted by atomic mass is 10.4. The van der Waals surface area contributed by atoms with Gasteiger partial charge in [0.25, 0.3) is 0 Å². The first kappa shape index (κ1) is 11.9. The van der Waals surface area contributed by atoms with Crippen LogP contribution in [-0.2, 0) is 4.79 Å². The normalized spacial score (nSPS) is 10.2. The third kappa shape index (κ3) is 3.72. The smallest absolute Gasteiger partial charge is 0.236 e. The second-order valence-electron chi connectivity index (χ2n) is 2.99. The molecule has 0 aliphatic heterocycles. The Morgan fingerprint density at radius 1 is 1.47 bits per heavy atom. The van der Waals surface area contributed by atoms with Gasteiger partial charge in [0.15, 0.2) is 5.16 Å². The average molecular weight is 270 g/mol. The van der Waals surface area contributed by atoms with E-state index in [-0.39, 0.29) is 11.7 Å². The van der Waals surface area contributed by atoms with Gasteiger partial charge in [0.05, 0.1) is 10.8 Å². The highest BCUT2D eigenvalue weighted by Gasteiger charge is 2.05. The van der Waals surface area contributed by atoms with Gasteiger partial charge in [0.1, 0.15) is 12.1 Å². The van der Waals surface area contributed by atoms with Crippen molar-refractivity contribution < 1.29 is 4.79 Å². The fraction of sp³-hybridized carbons (Fsp3) is 0.111. The van der Waals surface area contributed by atoms with Crippen LogP contribution < -0.4 is 5.32 Å². The van der Waals surface area contributed by atoms with Crippen molar-refractivity contribution in [2.75, 3.05) is 11.1 Å². The molecule has 0 aromatic carbocycles. The Bertz CT molecular complexity index is 487. The number of H-pyrrole nitrogens is 1. The van der Waals surface area contributed by atoms with Gasteiger partial charge in [0, 0.05) is 6.20 Å². The first-order valence-corrected chi connectivity index (χ1v) is 6.00. The second kappa shape index (κ2) is 5.65. The summed E-state index contributed by atoms with van der Waals surface area (Å²) in [6.45, 7) is 0. The number of pyridine rings is 1. The van der Waals surface area contributed by atoms with Gasteiger partial charge in [-0.3, -0.25) is 9.89 Å². The zero-order chi connectivity index (χ0) is 12.1. The maximum Gasteiger partial charge on any atom is 0.236 e. The number of anilines is 1. The van der Waals surface area contributed by atoms with Gasteiger partial charge in [-0.1, -0.05) is 23.4 Å². The number of hydrogen-bond acceptors (Lipinski definition) is 5. The maximum atomic E-state index is 11.5. The van der Waals surface area contributed by atoms with Gasteiger partial charge >= 0.3 is 0 Å². The molecule has 0 aliphatic rings. The first-order valence-electron chi connectivity index (χ1n) is 4.63. The third-order valence-corrected chi connectivity index (χ3v) is 2.83. The molecule has 17 heavy (non-hydrogen) atoms. The number of nitrogens with one attached hydrogen (secondary N) is 2. The van der Waals surface area contributed by atoms with E-state index in [2.05, 4.69) is 25.5 Å². The van der Waals surface area contributed by atoms with Crippen molar-refractivity contribution in [3.63, 3.8) is 0 Å². The summed E-state index contributed by atoms with van der Waals surface area (Å²) in [4.78, 5) is 19.4. The Morgan fingerprint density at radius 3 is 3.00 bits per heavy atom. The van der Waals surface area contributed by atoms with Crippen molar-refractivity contribution >= 4 is 35.1 Å². The first-order chi connectivity index (χ1) is 8.24. The summed E-state index contributed by atoms with van der Waals surface area (Å²) in [6.07, 6.45) is 2.86. The number of rotatable bonds is 4. The molecular weight excluding hydrogens is 262 g/mol. The summed E-state index contributed by atoms with van der Waals surface area (Å²) in [6, 6.07) is 3.30. The fourth-order valence-electron chi connectivity index (χ4n) is 1.03. The molecule has 88 valence electrons. The summed E-state index contributed by atoms with van der Waals surface area (Å²) in [5.41, 5.74) is 0. The number of carbonyl (C=O) groups excluding carboxylic acids is 1. The maximum absolute atomic E-state index is 11.5. The Hall–Kier alpha value is -1.60. The average Bonchev–Trinajstić information content (AvgIpc) is 2.83. The van der Waals surface area contributed by atoms with E-state index in [1.807, 2.05) is 0 Å². The summed E-state index contributed by atoms with van der Waals surface area (Å²) in [7, 11) is 0. The fourth-order valence-corrected chi connectivity index (χ4v) is 1.72. The molecule has 0 bridgehead atoms. The molecule has 0 radical (unpaired) electrons. The van der Waals surface area contributed by atoms with Gasteiger partial charge in [0.2, 0.25) is 5.91 Å². The van der Waals surface area contributed by atoms with Crippen LogP contribution in [0.15, 0.2) is 29.8 Å². The number of amides is 1. The summed E-state index contributed by atoms with van der Waals surface area (Å²) in [5, 5.41) is 10.1. The van der Waals surface area contributed by atoms with Crippen molar-refractivity contribution in [3.05, 3.63) is 29.7 Å². The molecule has 2 aromatic heterocycles. The van der Waals surface area contributed by atoms with E-state index in [4.69, 9.17) is 11.6 Å². The Labute approximate surface area is 106 Å².